The Hall–Kier alpha value is -2.77. The highest BCUT2D eigenvalue weighted by atomic mass is 35.5. The van der Waals surface area contributed by atoms with Gasteiger partial charge in [0.25, 0.3) is 5.91 Å². The van der Waals surface area contributed by atoms with Crippen LogP contribution in [0.4, 0.5) is 8.78 Å². The lowest BCUT2D eigenvalue weighted by atomic mass is 10.1. The van der Waals surface area contributed by atoms with Crippen molar-refractivity contribution in [3.05, 3.63) is 76.4 Å². The lowest BCUT2D eigenvalue weighted by Crippen LogP contribution is -2.28. The van der Waals surface area contributed by atoms with Crippen molar-refractivity contribution < 1.29 is 18.7 Å². The molecule has 26 heavy (non-hydrogen) atoms. The Kier molecular flexibility index (Phi) is 5.29. The summed E-state index contributed by atoms with van der Waals surface area (Å²) in [5.41, 5.74) is 0.0542. The number of hydrogen-bond acceptors (Lipinski definition) is 3. The van der Waals surface area contributed by atoms with Crippen LogP contribution in [0.2, 0.25) is 5.02 Å². The number of aromatic amines is 1. The van der Waals surface area contributed by atoms with E-state index in [0.717, 1.165) is 12.1 Å². The molecule has 8 heteroatoms. The fourth-order valence-electron chi connectivity index (χ4n) is 2.50. The third-order valence-electron chi connectivity index (χ3n) is 3.79. The zero-order valence-electron chi connectivity index (χ0n) is 13.3. The largest absolute Gasteiger partial charge is 0.387 e. The van der Waals surface area contributed by atoms with Crippen molar-refractivity contribution in [2.75, 3.05) is 6.54 Å². The van der Waals surface area contributed by atoms with Gasteiger partial charge in [-0.25, -0.2) is 8.78 Å². The molecule has 0 aliphatic carbocycles. The van der Waals surface area contributed by atoms with E-state index in [1.807, 2.05) is 0 Å². The second-order valence-corrected chi connectivity index (χ2v) is 5.97. The van der Waals surface area contributed by atoms with E-state index in [-0.39, 0.29) is 23.4 Å². The van der Waals surface area contributed by atoms with Crippen LogP contribution < -0.4 is 5.32 Å². The van der Waals surface area contributed by atoms with Crippen LogP contribution >= 0.6 is 11.6 Å². The highest BCUT2D eigenvalue weighted by Gasteiger charge is 2.21. The number of benzene rings is 2. The molecule has 0 spiro atoms. The van der Waals surface area contributed by atoms with Crippen molar-refractivity contribution in [1.82, 2.24) is 15.5 Å². The quantitative estimate of drug-likeness (QED) is 0.637. The number of carbonyl (C=O) groups excluding carboxylic acids is 1. The average molecular weight is 378 g/mol. The predicted molar refractivity (Wildman–Crippen MR) is 92.7 cm³/mol. The van der Waals surface area contributed by atoms with Crippen LogP contribution in [0.3, 0.4) is 0 Å². The van der Waals surface area contributed by atoms with E-state index >= 15 is 0 Å². The van der Waals surface area contributed by atoms with Gasteiger partial charge in [0.2, 0.25) is 0 Å². The molecule has 1 amide bonds. The molecule has 0 aliphatic heterocycles. The molecular weight excluding hydrogens is 364 g/mol. The molecule has 0 radical (unpaired) electrons. The maximum absolute atomic E-state index is 14.0. The van der Waals surface area contributed by atoms with Gasteiger partial charge in [-0.3, -0.25) is 9.89 Å². The number of halogens is 3. The number of carbonyl (C=O) groups is 1. The molecule has 0 saturated carbocycles. The number of nitrogens with one attached hydrogen (secondary N) is 2. The number of nitrogens with zero attached hydrogens (tertiary/aromatic N) is 1. The molecule has 3 rings (SSSR count). The summed E-state index contributed by atoms with van der Waals surface area (Å²) in [6.07, 6.45) is 0.181. The minimum atomic E-state index is -0.988. The van der Waals surface area contributed by atoms with Crippen LogP contribution in [0.5, 0.6) is 0 Å². The maximum Gasteiger partial charge on any atom is 0.255 e. The van der Waals surface area contributed by atoms with E-state index in [0.29, 0.717) is 10.6 Å². The van der Waals surface area contributed by atoms with E-state index in [1.165, 1.54) is 12.3 Å². The number of rotatable bonds is 5. The first-order valence-electron chi connectivity index (χ1n) is 7.67. The minimum Gasteiger partial charge on any atom is -0.387 e. The molecule has 3 aromatic rings. The van der Waals surface area contributed by atoms with Crippen LogP contribution in [0.1, 0.15) is 22.0 Å². The second kappa shape index (κ2) is 7.63. The number of aliphatic hydroxyl groups excluding tert-OH is 1. The number of aromatic nitrogens is 2. The summed E-state index contributed by atoms with van der Waals surface area (Å²) in [5.74, 6) is -2.26. The third kappa shape index (κ3) is 3.74. The van der Waals surface area contributed by atoms with Crippen molar-refractivity contribution in [2.45, 2.75) is 6.10 Å². The summed E-state index contributed by atoms with van der Waals surface area (Å²) in [6.45, 7) is -0.108. The standard InChI is InChI=1S/C18H14ClF2N3O2/c19-11-4-1-3-10(7-11)15(25)9-22-18(26)12-8-23-24-17(12)16-13(20)5-2-6-14(16)21/h1-8,15,25H,9H2,(H,22,26)(H,23,24). The molecule has 0 bridgehead atoms. The summed E-state index contributed by atoms with van der Waals surface area (Å²) >= 11 is 5.87. The van der Waals surface area contributed by atoms with Crippen molar-refractivity contribution in [3.8, 4) is 11.3 Å². The van der Waals surface area contributed by atoms with Gasteiger partial charge in [0.15, 0.2) is 0 Å². The lowest BCUT2D eigenvalue weighted by Gasteiger charge is -2.13. The zero-order chi connectivity index (χ0) is 18.7. The molecule has 1 unspecified atom stereocenters. The van der Waals surface area contributed by atoms with E-state index in [1.54, 1.807) is 24.3 Å². The van der Waals surface area contributed by atoms with E-state index in [9.17, 15) is 18.7 Å². The van der Waals surface area contributed by atoms with Crippen molar-refractivity contribution in [1.29, 1.82) is 0 Å². The predicted octanol–water partition coefficient (Wildman–Crippen LogP) is 3.47. The highest BCUT2D eigenvalue weighted by Crippen LogP contribution is 2.27. The Bertz CT molecular complexity index is 925. The summed E-state index contributed by atoms with van der Waals surface area (Å²) in [5, 5.41) is 19.3. The maximum atomic E-state index is 14.0. The zero-order valence-corrected chi connectivity index (χ0v) is 14.1. The van der Waals surface area contributed by atoms with Gasteiger partial charge in [-0.1, -0.05) is 29.8 Å². The molecule has 1 atom stereocenters. The molecule has 3 N–H and O–H groups in total. The SMILES string of the molecule is O=C(NCC(O)c1cccc(Cl)c1)c1cn[nH]c1-c1c(F)cccc1F. The summed E-state index contributed by atoms with van der Waals surface area (Å²) in [7, 11) is 0. The minimum absolute atomic E-state index is 0.0349. The molecular formula is C18H14ClF2N3O2. The first-order chi connectivity index (χ1) is 12.5. The van der Waals surface area contributed by atoms with Gasteiger partial charge in [-0.2, -0.15) is 5.10 Å². The Labute approximate surface area is 152 Å². The van der Waals surface area contributed by atoms with Gasteiger partial charge >= 0.3 is 0 Å². The fourth-order valence-corrected chi connectivity index (χ4v) is 2.70. The van der Waals surface area contributed by atoms with Crippen LogP contribution in [0.15, 0.2) is 48.7 Å². The first kappa shape index (κ1) is 18.0. The van der Waals surface area contributed by atoms with Crippen molar-refractivity contribution >= 4 is 17.5 Å². The van der Waals surface area contributed by atoms with E-state index in [2.05, 4.69) is 15.5 Å². The van der Waals surface area contributed by atoms with Crippen LogP contribution in [-0.2, 0) is 0 Å². The highest BCUT2D eigenvalue weighted by molar-refractivity contribution is 6.30. The fraction of sp³-hybridized carbons (Fsp3) is 0.111. The molecule has 0 saturated heterocycles. The Balaban J connectivity index is 1.77. The smallest absolute Gasteiger partial charge is 0.255 e. The van der Waals surface area contributed by atoms with Crippen molar-refractivity contribution in [3.63, 3.8) is 0 Å². The summed E-state index contributed by atoms with van der Waals surface area (Å²) in [6, 6.07) is 9.99. The van der Waals surface area contributed by atoms with Crippen LogP contribution in [0, 0.1) is 11.6 Å². The molecule has 1 heterocycles. The van der Waals surface area contributed by atoms with Gasteiger partial charge < -0.3 is 10.4 Å². The van der Waals surface area contributed by atoms with Crippen LogP contribution in [-0.4, -0.2) is 27.8 Å². The number of H-pyrrole nitrogens is 1. The average Bonchev–Trinajstić information content (AvgIpc) is 3.08. The molecule has 0 aliphatic rings. The Morgan fingerprint density at radius 3 is 2.62 bits per heavy atom. The summed E-state index contributed by atoms with van der Waals surface area (Å²) < 4.78 is 27.9. The molecule has 0 fully saturated rings. The van der Waals surface area contributed by atoms with E-state index in [4.69, 9.17) is 11.6 Å². The van der Waals surface area contributed by atoms with E-state index < -0.39 is 23.6 Å². The first-order valence-corrected chi connectivity index (χ1v) is 8.04. The molecule has 2 aromatic carbocycles. The Morgan fingerprint density at radius 2 is 1.92 bits per heavy atom. The third-order valence-corrected chi connectivity index (χ3v) is 4.02. The number of amides is 1. The van der Waals surface area contributed by atoms with Crippen LogP contribution in [0.25, 0.3) is 11.3 Å². The molecule has 1 aromatic heterocycles. The summed E-state index contributed by atoms with van der Waals surface area (Å²) in [4.78, 5) is 12.4. The normalized spacial score (nSPS) is 12.0. The molecule has 134 valence electrons. The number of hydrogen-bond donors (Lipinski definition) is 3. The second-order valence-electron chi connectivity index (χ2n) is 5.54. The molecule has 5 nitrogen and oxygen atoms in total. The Morgan fingerprint density at radius 1 is 1.23 bits per heavy atom. The number of aliphatic hydroxyl groups is 1. The monoisotopic (exact) mass is 377 g/mol. The van der Waals surface area contributed by atoms with Crippen molar-refractivity contribution in [2.24, 2.45) is 0 Å². The van der Waals surface area contributed by atoms with Gasteiger partial charge in [-0.15, -0.1) is 0 Å². The van der Waals surface area contributed by atoms with Gasteiger partial charge in [0.05, 0.1) is 29.1 Å². The van der Waals surface area contributed by atoms with Gasteiger partial charge in [-0.05, 0) is 29.8 Å². The van der Waals surface area contributed by atoms with Gasteiger partial charge in [0, 0.05) is 11.6 Å². The topological polar surface area (TPSA) is 78.0 Å². The van der Waals surface area contributed by atoms with Gasteiger partial charge in [0.1, 0.15) is 11.6 Å². The lowest BCUT2D eigenvalue weighted by molar-refractivity contribution is 0.0917.